The molecule has 1 atom stereocenters. The van der Waals surface area contributed by atoms with Crippen LogP contribution in [0.3, 0.4) is 0 Å². The van der Waals surface area contributed by atoms with Gasteiger partial charge in [-0.25, -0.2) is 0 Å². The molecule has 1 amide bonds. The van der Waals surface area contributed by atoms with Gasteiger partial charge in [0.25, 0.3) is 5.91 Å². The number of hydrogen-bond donors (Lipinski definition) is 1. The van der Waals surface area contributed by atoms with Gasteiger partial charge in [0.15, 0.2) is 11.5 Å². The smallest absolute Gasteiger partial charge is 0.256 e. The molecular formula is C14H12ClNO4. The Balaban J connectivity index is 1.75. The van der Waals surface area contributed by atoms with Crippen LogP contribution in [-0.4, -0.2) is 12.7 Å². The Morgan fingerprint density at radius 1 is 1.30 bits per heavy atom. The Morgan fingerprint density at radius 3 is 2.85 bits per heavy atom. The van der Waals surface area contributed by atoms with Gasteiger partial charge in [-0.1, -0.05) is 6.07 Å². The van der Waals surface area contributed by atoms with Crippen LogP contribution in [0.25, 0.3) is 0 Å². The molecule has 3 rings (SSSR count). The van der Waals surface area contributed by atoms with Crippen molar-refractivity contribution < 1.29 is 18.7 Å². The summed E-state index contributed by atoms with van der Waals surface area (Å²) in [6, 6.07) is 6.90. The van der Waals surface area contributed by atoms with E-state index in [-0.39, 0.29) is 24.0 Å². The number of carbonyl (C=O) groups is 1. The van der Waals surface area contributed by atoms with Crippen molar-refractivity contribution in [3.63, 3.8) is 0 Å². The zero-order valence-corrected chi connectivity index (χ0v) is 11.4. The summed E-state index contributed by atoms with van der Waals surface area (Å²) >= 11 is 5.78. The number of rotatable bonds is 3. The summed E-state index contributed by atoms with van der Waals surface area (Å²) in [5.74, 6) is 1.11. The molecule has 0 saturated carbocycles. The maximum Gasteiger partial charge on any atom is 0.256 e. The van der Waals surface area contributed by atoms with Gasteiger partial charge in [0.05, 0.1) is 17.9 Å². The van der Waals surface area contributed by atoms with Crippen LogP contribution in [0.2, 0.25) is 5.22 Å². The van der Waals surface area contributed by atoms with E-state index < -0.39 is 0 Å². The normalized spacial score (nSPS) is 14.1. The van der Waals surface area contributed by atoms with E-state index in [4.69, 9.17) is 25.5 Å². The van der Waals surface area contributed by atoms with Gasteiger partial charge in [-0.2, -0.15) is 0 Å². The fraction of sp³-hybridized carbons (Fsp3) is 0.214. The SMILES string of the molecule is CC(NC(=O)c1ccoc1Cl)c1ccc2c(c1)OCO2. The molecule has 0 radical (unpaired) electrons. The highest BCUT2D eigenvalue weighted by molar-refractivity contribution is 6.32. The Morgan fingerprint density at radius 2 is 2.10 bits per heavy atom. The molecule has 0 fully saturated rings. The van der Waals surface area contributed by atoms with Crippen LogP contribution in [0.1, 0.15) is 28.9 Å². The molecule has 1 N–H and O–H groups in total. The first-order chi connectivity index (χ1) is 9.65. The molecule has 2 heterocycles. The molecule has 0 bridgehead atoms. The second-order valence-corrected chi connectivity index (χ2v) is 4.76. The number of halogens is 1. The lowest BCUT2D eigenvalue weighted by Gasteiger charge is -2.14. The topological polar surface area (TPSA) is 60.7 Å². The minimum atomic E-state index is -0.283. The van der Waals surface area contributed by atoms with Gasteiger partial charge in [0.2, 0.25) is 12.0 Å². The van der Waals surface area contributed by atoms with Gasteiger partial charge < -0.3 is 19.2 Å². The van der Waals surface area contributed by atoms with E-state index in [1.54, 1.807) is 0 Å². The zero-order chi connectivity index (χ0) is 14.1. The molecule has 1 aromatic heterocycles. The van der Waals surface area contributed by atoms with Crippen molar-refractivity contribution in [3.8, 4) is 11.5 Å². The molecule has 6 heteroatoms. The maximum atomic E-state index is 12.0. The molecule has 0 spiro atoms. The molecule has 1 aliphatic heterocycles. The maximum absolute atomic E-state index is 12.0. The molecular weight excluding hydrogens is 282 g/mol. The lowest BCUT2D eigenvalue weighted by atomic mass is 10.1. The summed E-state index contributed by atoms with van der Waals surface area (Å²) in [7, 11) is 0. The molecule has 1 aromatic carbocycles. The van der Waals surface area contributed by atoms with Crippen molar-refractivity contribution in [3.05, 3.63) is 46.9 Å². The molecule has 0 aliphatic carbocycles. The van der Waals surface area contributed by atoms with E-state index in [9.17, 15) is 4.79 Å². The summed E-state index contributed by atoms with van der Waals surface area (Å²) in [4.78, 5) is 12.0. The van der Waals surface area contributed by atoms with Crippen molar-refractivity contribution in [2.45, 2.75) is 13.0 Å². The Labute approximate surface area is 120 Å². The number of carbonyl (C=O) groups excluding carboxylic acids is 1. The predicted molar refractivity (Wildman–Crippen MR) is 72.2 cm³/mol. The first kappa shape index (κ1) is 12.9. The average Bonchev–Trinajstić information content (AvgIpc) is 3.05. The largest absolute Gasteiger partial charge is 0.454 e. The molecule has 20 heavy (non-hydrogen) atoms. The summed E-state index contributed by atoms with van der Waals surface area (Å²) < 4.78 is 15.5. The van der Waals surface area contributed by atoms with Crippen LogP contribution in [0.4, 0.5) is 0 Å². The Hall–Kier alpha value is -2.14. The van der Waals surface area contributed by atoms with Gasteiger partial charge in [-0.15, -0.1) is 0 Å². The summed E-state index contributed by atoms with van der Waals surface area (Å²) in [6.07, 6.45) is 1.38. The van der Waals surface area contributed by atoms with E-state index in [0.717, 1.165) is 5.56 Å². The highest BCUT2D eigenvalue weighted by Crippen LogP contribution is 2.34. The third-order valence-electron chi connectivity index (χ3n) is 3.11. The Kier molecular flexibility index (Phi) is 3.28. The van der Waals surface area contributed by atoms with Crippen molar-refractivity contribution >= 4 is 17.5 Å². The summed E-state index contributed by atoms with van der Waals surface area (Å²) in [5, 5.41) is 2.93. The lowest BCUT2D eigenvalue weighted by Crippen LogP contribution is -2.26. The number of fused-ring (bicyclic) bond motifs is 1. The van der Waals surface area contributed by atoms with Crippen LogP contribution >= 0.6 is 11.6 Å². The highest BCUT2D eigenvalue weighted by Gasteiger charge is 2.19. The highest BCUT2D eigenvalue weighted by atomic mass is 35.5. The van der Waals surface area contributed by atoms with E-state index in [1.165, 1.54) is 12.3 Å². The van der Waals surface area contributed by atoms with Crippen LogP contribution in [0.5, 0.6) is 11.5 Å². The third kappa shape index (κ3) is 2.32. The van der Waals surface area contributed by atoms with E-state index in [2.05, 4.69) is 5.32 Å². The van der Waals surface area contributed by atoms with Gasteiger partial charge in [-0.05, 0) is 42.3 Å². The first-order valence-electron chi connectivity index (χ1n) is 6.08. The second-order valence-electron chi connectivity index (χ2n) is 4.42. The molecule has 1 unspecified atom stereocenters. The molecule has 0 saturated heterocycles. The quantitative estimate of drug-likeness (QED) is 0.944. The zero-order valence-electron chi connectivity index (χ0n) is 10.7. The fourth-order valence-electron chi connectivity index (χ4n) is 2.00. The number of amides is 1. The van der Waals surface area contributed by atoms with Crippen LogP contribution < -0.4 is 14.8 Å². The first-order valence-corrected chi connectivity index (χ1v) is 6.46. The van der Waals surface area contributed by atoms with Crippen molar-refractivity contribution in [1.82, 2.24) is 5.32 Å². The molecule has 5 nitrogen and oxygen atoms in total. The van der Waals surface area contributed by atoms with E-state index in [1.807, 2.05) is 25.1 Å². The van der Waals surface area contributed by atoms with E-state index >= 15 is 0 Å². The molecule has 2 aromatic rings. The minimum Gasteiger partial charge on any atom is -0.454 e. The number of furan rings is 1. The van der Waals surface area contributed by atoms with Gasteiger partial charge in [0, 0.05) is 0 Å². The van der Waals surface area contributed by atoms with Crippen molar-refractivity contribution in [1.29, 1.82) is 0 Å². The standard InChI is InChI=1S/C14H12ClNO4/c1-8(16-14(17)10-4-5-18-13(10)15)9-2-3-11-12(6-9)20-7-19-11/h2-6,8H,7H2,1H3,(H,16,17). The predicted octanol–water partition coefficient (Wildman–Crippen LogP) is 3.15. The Bertz CT molecular complexity index is 652. The second kappa shape index (κ2) is 5.09. The number of ether oxygens (including phenoxy) is 2. The minimum absolute atomic E-state index is 0.0837. The average molecular weight is 294 g/mol. The summed E-state index contributed by atoms with van der Waals surface area (Å²) in [5.41, 5.74) is 1.24. The fourth-order valence-corrected chi connectivity index (χ4v) is 2.20. The van der Waals surface area contributed by atoms with Crippen LogP contribution in [0, 0.1) is 0 Å². The third-order valence-corrected chi connectivity index (χ3v) is 3.40. The van der Waals surface area contributed by atoms with Gasteiger partial charge in [-0.3, -0.25) is 4.79 Å². The van der Waals surface area contributed by atoms with Crippen LogP contribution in [-0.2, 0) is 0 Å². The number of nitrogens with one attached hydrogen (secondary N) is 1. The van der Waals surface area contributed by atoms with Gasteiger partial charge in [0.1, 0.15) is 0 Å². The van der Waals surface area contributed by atoms with Crippen molar-refractivity contribution in [2.24, 2.45) is 0 Å². The van der Waals surface area contributed by atoms with Crippen molar-refractivity contribution in [2.75, 3.05) is 6.79 Å². The molecule has 104 valence electrons. The molecule has 1 aliphatic rings. The lowest BCUT2D eigenvalue weighted by molar-refractivity contribution is 0.0939. The number of hydrogen-bond acceptors (Lipinski definition) is 4. The van der Waals surface area contributed by atoms with E-state index in [0.29, 0.717) is 17.1 Å². The van der Waals surface area contributed by atoms with Gasteiger partial charge >= 0.3 is 0 Å². The monoisotopic (exact) mass is 293 g/mol. The van der Waals surface area contributed by atoms with Crippen LogP contribution in [0.15, 0.2) is 34.9 Å². The summed E-state index contributed by atoms with van der Waals surface area (Å²) in [6.45, 7) is 2.10. The number of benzene rings is 1.